The molecule has 0 heterocycles. The van der Waals surface area contributed by atoms with Gasteiger partial charge in [-0.2, -0.15) is 0 Å². The Morgan fingerprint density at radius 1 is 0.920 bits per heavy atom. The number of rotatable bonds is 10. The molecule has 0 aliphatic carbocycles. The van der Waals surface area contributed by atoms with Crippen LogP contribution in [0.5, 0.6) is 0 Å². The van der Waals surface area contributed by atoms with Gasteiger partial charge in [0, 0.05) is 19.6 Å². The predicted molar refractivity (Wildman–Crippen MR) is 103 cm³/mol. The van der Waals surface area contributed by atoms with Gasteiger partial charge < -0.3 is 9.84 Å². The second kappa shape index (κ2) is 10.3. The molecule has 0 radical (unpaired) electrons. The molecule has 2 rings (SSSR count). The largest absolute Gasteiger partial charge is 0.389 e. The smallest absolute Gasteiger partial charge is 0.0900 e. The molecule has 25 heavy (non-hydrogen) atoms. The van der Waals surface area contributed by atoms with Crippen LogP contribution >= 0.6 is 0 Å². The molecule has 3 heteroatoms. The molecule has 0 saturated carbocycles. The zero-order chi connectivity index (χ0) is 18.1. The third-order valence-corrected chi connectivity index (χ3v) is 4.04. The second-order valence-corrected chi connectivity index (χ2v) is 7.23. The van der Waals surface area contributed by atoms with Crippen LogP contribution in [0.4, 0.5) is 0 Å². The normalized spacial score (nSPS) is 12.7. The number of aliphatic hydroxyl groups is 1. The quantitative estimate of drug-likeness (QED) is 0.708. The summed E-state index contributed by atoms with van der Waals surface area (Å²) in [5.41, 5.74) is 3.69. The maximum absolute atomic E-state index is 10.4. The van der Waals surface area contributed by atoms with E-state index in [-0.39, 0.29) is 0 Å². The van der Waals surface area contributed by atoms with Crippen molar-refractivity contribution in [1.29, 1.82) is 0 Å². The number of aryl methyl sites for hydroxylation is 1. The van der Waals surface area contributed by atoms with Crippen LogP contribution in [0.2, 0.25) is 0 Å². The monoisotopic (exact) mass is 341 g/mol. The van der Waals surface area contributed by atoms with Gasteiger partial charge in [-0.25, -0.2) is 0 Å². The van der Waals surface area contributed by atoms with Gasteiger partial charge in [0.15, 0.2) is 0 Å². The van der Waals surface area contributed by atoms with E-state index < -0.39 is 6.10 Å². The molecule has 0 fully saturated rings. The number of nitrogens with zero attached hydrogens (tertiary/aromatic N) is 1. The number of ether oxygens (including phenoxy) is 1. The number of hydrogen-bond acceptors (Lipinski definition) is 3. The minimum absolute atomic E-state index is 0.359. The standard InChI is InChI=1S/C22H31NO2/c1-18(2)13-23(14-20-11-9-19(3)10-12-20)15-22(24)17-25-16-21-7-5-4-6-8-21/h4-12,18,22,24H,13-17H2,1-3H3/t22-/m0/s1. The summed E-state index contributed by atoms with van der Waals surface area (Å²) < 4.78 is 5.68. The topological polar surface area (TPSA) is 32.7 Å². The molecule has 1 atom stereocenters. The molecule has 136 valence electrons. The Hall–Kier alpha value is -1.68. The van der Waals surface area contributed by atoms with E-state index in [0.29, 0.717) is 25.7 Å². The molecule has 0 unspecified atom stereocenters. The minimum atomic E-state index is -0.479. The summed E-state index contributed by atoms with van der Waals surface area (Å²) in [4.78, 5) is 2.31. The number of hydrogen-bond donors (Lipinski definition) is 1. The Kier molecular flexibility index (Phi) is 8.13. The zero-order valence-corrected chi connectivity index (χ0v) is 15.7. The summed E-state index contributed by atoms with van der Waals surface area (Å²) in [7, 11) is 0. The van der Waals surface area contributed by atoms with Crippen molar-refractivity contribution in [3.05, 3.63) is 71.3 Å². The maximum Gasteiger partial charge on any atom is 0.0900 e. The van der Waals surface area contributed by atoms with Crippen molar-refractivity contribution in [2.75, 3.05) is 19.7 Å². The van der Waals surface area contributed by atoms with Crippen LogP contribution in [0.1, 0.15) is 30.5 Å². The van der Waals surface area contributed by atoms with E-state index in [4.69, 9.17) is 4.74 Å². The van der Waals surface area contributed by atoms with Gasteiger partial charge in [0.1, 0.15) is 0 Å². The predicted octanol–water partition coefficient (Wildman–Crippen LogP) is 4.03. The molecule has 0 aliphatic heterocycles. The van der Waals surface area contributed by atoms with Crippen LogP contribution < -0.4 is 0 Å². The van der Waals surface area contributed by atoms with Crippen molar-refractivity contribution >= 4 is 0 Å². The number of benzene rings is 2. The van der Waals surface area contributed by atoms with Crippen molar-refractivity contribution in [2.24, 2.45) is 5.92 Å². The highest BCUT2D eigenvalue weighted by atomic mass is 16.5. The Balaban J connectivity index is 1.81. The molecule has 0 aromatic heterocycles. The van der Waals surface area contributed by atoms with E-state index in [1.807, 2.05) is 30.3 Å². The van der Waals surface area contributed by atoms with Gasteiger partial charge in [-0.1, -0.05) is 74.0 Å². The van der Waals surface area contributed by atoms with Gasteiger partial charge in [0.2, 0.25) is 0 Å². The highest BCUT2D eigenvalue weighted by Gasteiger charge is 2.14. The molecule has 0 amide bonds. The summed E-state index contributed by atoms with van der Waals surface area (Å²) in [5.74, 6) is 0.558. The van der Waals surface area contributed by atoms with Crippen LogP contribution in [-0.2, 0) is 17.9 Å². The summed E-state index contributed by atoms with van der Waals surface area (Å²) in [6.07, 6.45) is -0.479. The fourth-order valence-corrected chi connectivity index (χ4v) is 2.91. The molecule has 1 N–H and O–H groups in total. The minimum Gasteiger partial charge on any atom is -0.389 e. The van der Waals surface area contributed by atoms with Gasteiger partial charge in [0.05, 0.1) is 19.3 Å². The number of aliphatic hydroxyl groups excluding tert-OH is 1. The highest BCUT2D eigenvalue weighted by molar-refractivity contribution is 5.21. The van der Waals surface area contributed by atoms with Crippen LogP contribution in [0.25, 0.3) is 0 Å². The van der Waals surface area contributed by atoms with Gasteiger partial charge in [-0.15, -0.1) is 0 Å². The molecule has 0 spiro atoms. The van der Waals surface area contributed by atoms with Crippen LogP contribution in [0.15, 0.2) is 54.6 Å². The molecule has 2 aromatic carbocycles. The van der Waals surface area contributed by atoms with E-state index in [0.717, 1.165) is 18.7 Å². The van der Waals surface area contributed by atoms with Gasteiger partial charge in [0.25, 0.3) is 0 Å². The first-order chi connectivity index (χ1) is 12.0. The highest BCUT2D eigenvalue weighted by Crippen LogP contribution is 2.10. The first kappa shape index (κ1) is 19.6. The molecular weight excluding hydrogens is 310 g/mol. The van der Waals surface area contributed by atoms with Crippen LogP contribution in [0.3, 0.4) is 0 Å². The molecule has 0 bridgehead atoms. The Morgan fingerprint density at radius 2 is 1.60 bits per heavy atom. The first-order valence-electron chi connectivity index (χ1n) is 9.10. The van der Waals surface area contributed by atoms with E-state index in [1.54, 1.807) is 0 Å². The molecule has 3 nitrogen and oxygen atoms in total. The van der Waals surface area contributed by atoms with Crippen molar-refractivity contribution < 1.29 is 9.84 Å². The summed E-state index contributed by atoms with van der Waals surface area (Å²) in [6.45, 7) is 9.86. The van der Waals surface area contributed by atoms with Crippen molar-refractivity contribution in [2.45, 2.75) is 40.0 Å². The lowest BCUT2D eigenvalue weighted by molar-refractivity contribution is 0.00678. The first-order valence-corrected chi connectivity index (χ1v) is 9.10. The van der Waals surface area contributed by atoms with Crippen LogP contribution in [-0.4, -0.2) is 35.8 Å². The SMILES string of the molecule is Cc1ccc(CN(CC(C)C)C[C@H](O)COCc2ccccc2)cc1. The van der Waals surface area contributed by atoms with E-state index >= 15 is 0 Å². The second-order valence-electron chi connectivity index (χ2n) is 7.23. The fraction of sp³-hybridized carbons (Fsp3) is 0.455. The average Bonchev–Trinajstić information content (AvgIpc) is 2.57. The van der Waals surface area contributed by atoms with Gasteiger partial charge >= 0.3 is 0 Å². The average molecular weight is 341 g/mol. The lowest BCUT2D eigenvalue weighted by Crippen LogP contribution is -2.36. The fourth-order valence-electron chi connectivity index (χ4n) is 2.91. The lowest BCUT2D eigenvalue weighted by atomic mass is 10.1. The Morgan fingerprint density at radius 3 is 2.24 bits per heavy atom. The van der Waals surface area contributed by atoms with E-state index in [1.165, 1.54) is 11.1 Å². The third-order valence-electron chi connectivity index (χ3n) is 4.04. The van der Waals surface area contributed by atoms with Gasteiger partial charge in [-0.3, -0.25) is 4.90 Å². The summed E-state index contributed by atoms with van der Waals surface area (Å²) in [5, 5.41) is 10.4. The molecule has 0 aliphatic rings. The van der Waals surface area contributed by atoms with Crippen molar-refractivity contribution in [3.63, 3.8) is 0 Å². The lowest BCUT2D eigenvalue weighted by Gasteiger charge is -2.27. The Bertz CT molecular complexity index is 595. The molecule has 0 saturated heterocycles. The summed E-state index contributed by atoms with van der Waals surface area (Å²) in [6, 6.07) is 18.7. The van der Waals surface area contributed by atoms with Gasteiger partial charge in [-0.05, 0) is 24.0 Å². The molecular formula is C22H31NO2. The van der Waals surface area contributed by atoms with Crippen LogP contribution in [0, 0.1) is 12.8 Å². The van der Waals surface area contributed by atoms with E-state index in [9.17, 15) is 5.11 Å². The third kappa shape index (κ3) is 7.82. The maximum atomic E-state index is 10.4. The zero-order valence-electron chi connectivity index (χ0n) is 15.7. The molecule has 2 aromatic rings. The van der Waals surface area contributed by atoms with E-state index in [2.05, 4.69) is 49.9 Å². The summed E-state index contributed by atoms with van der Waals surface area (Å²) >= 11 is 0. The van der Waals surface area contributed by atoms with Crippen molar-refractivity contribution in [3.8, 4) is 0 Å². The Labute approximate surface area is 152 Å². The van der Waals surface area contributed by atoms with Crippen molar-refractivity contribution in [1.82, 2.24) is 4.90 Å².